The quantitative estimate of drug-likeness (QED) is 0.524. The van der Waals surface area contributed by atoms with Crippen molar-refractivity contribution >= 4 is 28.6 Å². The number of aryl methyl sites for hydroxylation is 1. The number of rotatable bonds is 5. The summed E-state index contributed by atoms with van der Waals surface area (Å²) in [6.07, 6.45) is 1.37. The van der Waals surface area contributed by atoms with Crippen molar-refractivity contribution in [2.75, 3.05) is 5.75 Å². The molecule has 0 N–H and O–H groups in total. The van der Waals surface area contributed by atoms with E-state index in [9.17, 15) is 4.79 Å². The van der Waals surface area contributed by atoms with Gasteiger partial charge in [-0.3, -0.25) is 9.78 Å². The van der Waals surface area contributed by atoms with Crippen molar-refractivity contribution in [1.82, 2.24) is 25.2 Å². The summed E-state index contributed by atoms with van der Waals surface area (Å²) in [4.78, 5) is 16.3. The summed E-state index contributed by atoms with van der Waals surface area (Å²) in [5, 5.41) is 12.6. The van der Waals surface area contributed by atoms with Crippen LogP contribution in [0.1, 0.15) is 18.6 Å². The van der Waals surface area contributed by atoms with Crippen LogP contribution < -0.4 is 0 Å². The second-order valence-electron chi connectivity index (χ2n) is 4.97. The van der Waals surface area contributed by atoms with E-state index in [2.05, 4.69) is 20.5 Å². The van der Waals surface area contributed by atoms with E-state index in [-0.39, 0.29) is 17.8 Å². The molecular formula is C15H15N5O2S. The second kappa shape index (κ2) is 6.74. The molecule has 118 valence electrons. The number of fused-ring (bicyclic) bond motifs is 1. The van der Waals surface area contributed by atoms with Gasteiger partial charge in [-0.1, -0.05) is 30.0 Å². The molecule has 0 unspecified atom stereocenters. The molecule has 2 heterocycles. The number of benzene rings is 1. The highest BCUT2D eigenvalue weighted by Gasteiger charge is 2.14. The number of nitrogens with zero attached hydrogens (tertiary/aromatic N) is 5. The third-order valence-electron chi connectivity index (χ3n) is 3.29. The molecule has 0 saturated carbocycles. The van der Waals surface area contributed by atoms with E-state index >= 15 is 0 Å². The first-order valence-corrected chi connectivity index (χ1v) is 8.01. The van der Waals surface area contributed by atoms with Gasteiger partial charge in [0.25, 0.3) is 0 Å². The SMILES string of the molecule is C[C@H](OC(=O)CSc1nnnn1C)c1cnc2ccccc2c1. The fourth-order valence-electron chi connectivity index (χ4n) is 2.08. The number of ether oxygens (including phenoxy) is 1. The van der Waals surface area contributed by atoms with Crippen molar-refractivity contribution in [3.8, 4) is 0 Å². The first-order valence-electron chi connectivity index (χ1n) is 7.03. The van der Waals surface area contributed by atoms with Crippen LogP contribution in [0.15, 0.2) is 41.7 Å². The lowest BCUT2D eigenvalue weighted by molar-refractivity contribution is -0.145. The van der Waals surface area contributed by atoms with Gasteiger partial charge in [-0.2, -0.15) is 0 Å². The van der Waals surface area contributed by atoms with Crippen LogP contribution in [0, 0.1) is 0 Å². The number of carbonyl (C=O) groups excluding carboxylic acids is 1. The lowest BCUT2D eigenvalue weighted by Gasteiger charge is -2.13. The van der Waals surface area contributed by atoms with Gasteiger partial charge in [0, 0.05) is 24.2 Å². The zero-order valence-electron chi connectivity index (χ0n) is 12.7. The van der Waals surface area contributed by atoms with Gasteiger partial charge in [0.2, 0.25) is 5.16 Å². The van der Waals surface area contributed by atoms with Crippen LogP contribution in [0.4, 0.5) is 0 Å². The summed E-state index contributed by atoms with van der Waals surface area (Å²) in [6.45, 7) is 1.83. The van der Waals surface area contributed by atoms with Gasteiger partial charge in [0.05, 0.1) is 11.3 Å². The van der Waals surface area contributed by atoms with Crippen LogP contribution in [0.5, 0.6) is 0 Å². The minimum atomic E-state index is -0.363. The molecule has 0 aliphatic rings. The molecule has 8 heteroatoms. The summed E-state index contributed by atoms with van der Waals surface area (Å²) in [7, 11) is 1.72. The molecule has 0 spiro atoms. The van der Waals surface area contributed by atoms with Gasteiger partial charge in [-0.15, -0.1) is 5.10 Å². The molecule has 0 saturated heterocycles. The van der Waals surface area contributed by atoms with E-state index in [1.54, 1.807) is 13.2 Å². The molecule has 7 nitrogen and oxygen atoms in total. The molecule has 0 bridgehead atoms. The van der Waals surface area contributed by atoms with Crippen molar-refractivity contribution < 1.29 is 9.53 Å². The largest absolute Gasteiger partial charge is 0.457 e. The number of hydrogen-bond donors (Lipinski definition) is 0. The summed E-state index contributed by atoms with van der Waals surface area (Å²) >= 11 is 1.24. The third-order valence-corrected chi connectivity index (χ3v) is 4.27. The lowest BCUT2D eigenvalue weighted by Crippen LogP contribution is -2.11. The van der Waals surface area contributed by atoms with E-state index in [0.29, 0.717) is 5.16 Å². The topological polar surface area (TPSA) is 82.8 Å². The summed E-state index contributed by atoms with van der Waals surface area (Å²) in [5.74, 6) is -0.168. The number of pyridine rings is 1. The van der Waals surface area contributed by atoms with E-state index in [1.807, 2.05) is 37.3 Å². The normalized spacial score (nSPS) is 12.3. The smallest absolute Gasteiger partial charge is 0.316 e. The van der Waals surface area contributed by atoms with Crippen LogP contribution in [0.3, 0.4) is 0 Å². The Balaban J connectivity index is 1.62. The summed E-state index contributed by atoms with van der Waals surface area (Å²) in [6, 6.07) is 9.81. The molecule has 0 fully saturated rings. The number of carbonyl (C=O) groups is 1. The number of thioether (sulfide) groups is 1. The van der Waals surface area contributed by atoms with E-state index in [1.165, 1.54) is 16.4 Å². The number of para-hydroxylation sites is 1. The molecule has 1 aromatic carbocycles. The number of esters is 1. The predicted octanol–water partition coefficient (Wildman–Crippen LogP) is 2.15. The molecule has 0 amide bonds. The Morgan fingerprint density at radius 2 is 2.22 bits per heavy atom. The Morgan fingerprint density at radius 1 is 1.39 bits per heavy atom. The van der Waals surface area contributed by atoms with Crippen LogP contribution in [-0.4, -0.2) is 36.9 Å². The van der Waals surface area contributed by atoms with E-state index in [4.69, 9.17) is 4.74 Å². The first-order chi connectivity index (χ1) is 11.1. The maximum Gasteiger partial charge on any atom is 0.316 e. The fraction of sp³-hybridized carbons (Fsp3) is 0.267. The lowest BCUT2D eigenvalue weighted by atomic mass is 10.1. The molecule has 3 aromatic rings. The minimum Gasteiger partial charge on any atom is -0.457 e. The highest BCUT2D eigenvalue weighted by molar-refractivity contribution is 7.99. The highest BCUT2D eigenvalue weighted by Crippen LogP contribution is 2.22. The molecule has 3 rings (SSSR count). The summed E-state index contributed by atoms with van der Waals surface area (Å²) in [5.41, 5.74) is 1.78. The zero-order chi connectivity index (χ0) is 16.2. The Labute approximate surface area is 137 Å². The average Bonchev–Trinajstić information content (AvgIpc) is 2.97. The zero-order valence-corrected chi connectivity index (χ0v) is 13.5. The molecule has 23 heavy (non-hydrogen) atoms. The average molecular weight is 329 g/mol. The van der Waals surface area contributed by atoms with E-state index in [0.717, 1.165) is 16.5 Å². The standard InChI is InChI=1S/C15H15N5O2S/c1-10(12-7-11-5-3-4-6-13(11)16-8-12)22-14(21)9-23-15-17-18-19-20(15)2/h3-8,10H,9H2,1-2H3/t10-/m0/s1. The highest BCUT2D eigenvalue weighted by atomic mass is 32.2. The van der Waals surface area contributed by atoms with Gasteiger partial charge >= 0.3 is 5.97 Å². The Kier molecular flexibility index (Phi) is 4.52. The van der Waals surface area contributed by atoms with Gasteiger partial charge in [0.15, 0.2) is 0 Å². The van der Waals surface area contributed by atoms with Gasteiger partial charge in [-0.25, -0.2) is 4.68 Å². The second-order valence-corrected chi connectivity index (χ2v) is 5.91. The number of aromatic nitrogens is 5. The Bertz CT molecular complexity index is 835. The monoisotopic (exact) mass is 329 g/mol. The molecular weight excluding hydrogens is 314 g/mol. The van der Waals surface area contributed by atoms with E-state index < -0.39 is 0 Å². The molecule has 0 aliphatic carbocycles. The van der Waals surface area contributed by atoms with Crippen LogP contribution in [-0.2, 0) is 16.6 Å². The molecule has 0 radical (unpaired) electrons. The molecule has 2 aromatic heterocycles. The van der Waals surface area contributed by atoms with Crippen molar-refractivity contribution in [1.29, 1.82) is 0 Å². The van der Waals surface area contributed by atoms with Gasteiger partial charge < -0.3 is 4.74 Å². The first kappa shape index (κ1) is 15.4. The van der Waals surface area contributed by atoms with Crippen LogP contribution in [0.2, 0.25) is 0 Å². The Hall–Kier alpha value is -2.48. The molecule has 0 aliphatic heterocycles. The van der Waals surface area contributed by atoms with Gasteiger partial charge in [0.1, 0.15) is 6.10 Å². The fourth-order valence-corrected chi connectivity index (χ4v) is 2.71. The van der Waals surface area contributed by atoms with Crippen LogP contribution in [0.25, 0.3) is 10.9 Å². The van der Waals surface area contributed by atoms with Crippen molar-refractivity contribution in [2.24, 2.45) is 7.05 Å². The number of hydrogen-bond acceptors (Lipinski definition) is 7. The van der Waals surface area contributed by atoms with Gasteiger partial charge in [-0.05, 0) is 29.5 Å². The maximum atomic E-state index is 12.0. The van der Waals surface area contributed by atoms with Crippen LogP contribution >= 0.6 is 11.8 Å². The Morgan fingerprint density at radius 3 is 3.00 bits per heavy atom. The predicted molar refractivity (Wildman–Crippen MR) is 85.8 cm³/mol. The third kappa shape index (κ3) is 3.65. The summed E-state index contributed by atoms with van der Waals surface area (Å²) < 4.78 is 6.95. The van der Waals surface area contributed by atoms with Crippen molar-refractivity contribution in [2.45, 2.75) is 18.2 Å². The minimum absolute atomic E-state index is 0.152. The maximum absolute atomic E-state index is 12.0. The van der Waals surface area contributed by atoms with Crippen molar-refractivity contribution in [3.05, 3.63) is 42.1 Å². The van der Waals surface area contributed by atoms with Crippen molar-refractivity contribution in [3.63, 3.8) is 0 Å². The number of tetrazole rings is 1. The molecule has 1 atom stereocenters.